The molecule has 3 N–H and O–H groups in total. The van der Waals surface area contributed by atoms with Crippen LogP contribution in [0.4, 0.5) is 0 Å². The van der Waals surface area contributed by atoms with Crippen LogP contribution in [0.2, 0.25) is 0 Å². The molecule has 1 unspecified atom stereocenters. The first kappa shape index (κ1) is 12.9. The van der Waals surface area contributed by atoms with Gasteiger partial charge in [0.2, 0.25) is 5.91 Å². The van der Waals surface area contributed by atoms with E-state index in [1.807, 2.05) is 25.1 Å². The number of methoxy groups -OCH3 is 1. The van der Waals surface area contributed by atoms with Crippen LogP contribution in [0.5, 0.6) is 5.75 Å². The molecule has 0 aliphatic heterocycles. The number of amides is 1. The highest BCUT2D eigenvalue weighted by molar-refractivity contribution is 5.87. The minimum absolute atomic E-state index is 0.296. The third kappa shape index (κ3) is 1.97. The Morgan fingerprint density at radius 2 is 2.33 bits per heavy atom. The van der Waals surface area contributed by atoms with E-state index in [2.05, 4.69) is 5.32 Å². The van der Waals surface area contributed by atoms with Crippen LogP contribution in [-0.2, 0) is 16.8 Å². The van der Waals surface area contributed by atoms with Crippen molar-refractivity contribution in [1.82, 2.24) is 5.32 Å². The highest BCUT2D eigenvalue weighted by Gasteiger charge is 2.41. The third-order valence-corrected chi connectivity index (χ3v) is 3.67. The molecule has 4 nitrogen and oxygen atoms in total. The van der Waals surface area contributed by atoms with Gasteiger partial charge in [-0.1, -0.05) is 13.0 Å². The number of ether oxygens (including phenoxy) is 1. The van der Waals surface area contributed by atoms with E-state index in [4.69, 9.17) is 10.5 Å². The van der Waals surface area contributed by atoms with E-state index >= 15 is 0 Å². The topological polar surface area (TPSA) is 64.3 Å². The zero-order valence-corrected chi connectivity index (χ0v) is 11.0. The lowest BCUT2D eigenvalue weighted by Crippen LogP contribution is -2.54. The molecule has 1 aromatic carbocycles. The van der Waals surface area contributed by atoms with Crippen LogP contribution in [0.1, 0.15) is 30.9 Å². The lowest BCUT2D eigenvalue weighted by atomic mass is 9.76. The molecule has 18 heavy (non-hydrogen) atoms. The second-order valence-electron chi connectivity index (χ2n) is 4.68. The van der Waals surface area contributed by atoms with Crippen LogP contribution in [0.25, 0.3) is 0 Å². The van der Waals surface area contributed by atoms with Crippen LogP contribution in [0, 0.1) is 0 Å². The average molecular weight is 248 g/mol. The van der Waals surface area contributed by atoms with E-state index in [1.54, 1.807) is 7.11 Å². The minimum atomic E-state index is -0.714. The molecule has 0 bridgehead atoms. The van der Waals surface area contributed by atoms with Gasteiger partial charge in [0, 0.05) is 0 Å². The molecular formula is C14H20N2O2. The molecule has 1 amide bonds. The van der Waals surface area contributed by atoms with Gasteiger partial charge in [-0.3, -0.25) is 10.1 Å². The zero-order valence-electron chi connectivity index (χ0n) is 11.0. The second kappa shape index (κ2) is 4.98. The largest absolute Gasteiger partial charge is 0.497 e. The maximum absolute atomic E-state index is 11.9. The molecule has 2 rings (SSSR count). The molecule has 0 radical (unpaired) electrons. The SMILES string of the molecule is CCNC1(C(N)=O)CCCc2cc(OC)ccc21. The summed E-state index contributed by atoms with van der Waals surface area (Å²) in [4.78, 5) is 11.9. The van der Waals surface area contributed by atoms with Crippen LogP contribution in [0.3, 0.4) is 0 Å². The van der Waals surface area contributed by atoms with E-state index in [0.29, 0.717) is 6.54 Å². The molecule has 1 aliphatic carbocycles. The van der Waals surface area contributed by atoms with Crippen LogP contribution < -0.4 is 15.8 Å². The first-order valence-electron chi connectivity index (χ1n) is 6.36. The molecule has 0 spiro atoms. The summed E-state index contributed by atoms with van der Waals surface area (Å²) in [7, 11) is 1.65. The number of rotatable bonds is 4. The number of primary amides is 1. The van der Waals surface area contributed by atoms with Gasteiger partial charge in [0.25, 0.3) is 0 Å². The average Bonchev–Trinajstić information content (AvgIpc) is 2.38. The Kier molecular flexibility index (Phi) is 3.57. The Hall–Kier alpha value is -1.55. The lowest BCUT2D eigenvalue weighted by Gasteiger charge is -2.37. The normalized spacial score (nSPS) is 22.3. The van der Waals surface area contributed by atoms with Gasteiger partial charge in [-0.25, -0.2) is 0 Å². The van der Waals surface area contributed by atoms with Crippen molar-refractivity contribution >= 4 is 5.91 Å². The summed E-state index contributed by atoms with van der Waals surface area (Å²) >= 11 is 0. The van der Waals surface area contributed by atoms with Gasteiger partial charge in [0.1, 0.15) is 11.3 Å². The predicted octanol–water partition coefficient (Wildman–Crippen LogP) is 1.32. The number of carbonyl (C=O) groups excluding carboxylic acids is 1. The third-order valence-electron chi connectivity index (χ3n) is 3.67. The predicted molar refractivity (Wildman–Crippen MR) is 70.5 cm³/mol. The van der Waals surface area contributed by atoms with Crippen LogP contribution >= 0.6 is 0 Å². The van der Waals surface area contributed by atoms with Gasteiger partial charge in [0.05, 0.1) is 7.11 Å². The summed E-state index contributed by atoms with van der Waals surface area (Å²) in [6.45, 7) is 2.71. The fraction of sp³-hybridized carbons (Fsp3) is 0.500. The van der Waals surface area contributed by atoms with Crippen molar-refractivity contribution in [3.63, 3.8) is 0 Å². The molecule has 0 heterocycles. The second-order valence-corrected chi connectivity index (χ2v) is 4.68. The van der Waals surface area contributed by atoms with Gasteiger partial charge in [-0.15, -0.1) is 0 Å². The molecule has 0 aromatic heterocycles. The Morgan fingerprint density at radius 1 is 1.56 bits per heavy atom. The Labute approximate surface area is 108 Å². The van der Waals surface area contributed by atoms with Crippen molar-refractivity contribution in [3.8, 4) is 5.75 Å². The summed E-state index contributed by atoms with van der Waals surface area (Å²) in [5.74, 6) is 0.529. The lowest BCUT2D eigenvalue weighted by molar-refractivity contribution is -0.125. The molecule has 98 valence electrons. The highest BCUT2D eigenvalue weighted by Crippen LogP contribution is 2.36. The Balaban J connectivity index is 2.51. The van der Waals surface area contributed by atoms with Gasteiger partial charge < -0.3 is 10.5 Å². The van der Waals surface area contributed by atoms with Gasteiger partial charge >= 0.3 is 0 Å². The smallest absolute Gasteiger partial charge is 0.242 e. The highest BCUT2D eigenvalue weighted by atomic mass is 16.5. The minimum Gasteiger partial charge on any atom is -0.497 e. The summed E-state index contributed by atoms with van der Waals surface area (Å²) in [5.41, 5.74) is 7.08. The summed E-state index contributed by atoms with van der Waals surface area (Å²) in [6.07, 6.45) is 2.68. The molecule has 4 heteroatoms. The summed E-state index contributed by atoms with van der Waals surface area (Å²) in [6, 6.07) is 5.85. The zero-order chi connectivity index (χ0) is 13.2. The van der Waals surface area contributed by atoms with Gasteiger partial charge in [-0.05, 0) is 49.1 Å². The molecule has 0 fully saturated rings. The summed E-state index contributed by atoms with van der Waals surface area (Å²) < 4.78 is 5.23. The van der Waals surface area contributed by atoms with E-state index < -0.39 is 5.54 Å². The standard InChI is InChI=1S/C14H20N2O2/c1-3-16-14(13(15)17)8-4-5-10-9-11(18-2)6-7-12(10)14/h6-7,9,16H,3-5,8H2,1-2H3,(H2,15,17). The van der Waals surface area contributed by atoms with E-state index in [0.717, 1.165) is 36.1 Å². The molecular weight excluding hydrogens is 228 g/mol. The van der Waals surface area contributed by atoms with E-state index in [9.17, 15) is 4.79 Å². The van der Waals surface area contributed by atoms with E-state index in [-0.39, 0.29) is 5.91 Å². The quantitative estimate of drug-likeness (QED) is 0.844. The monoisotopic (exact) mass is 248 g/mol. The molecule has 1 atom stereocenters. The number of aryl methyl sites for hydroxylation is 1. The number of fused-ring (bicyclic) bond motifs is 1. The fourth-order valence-corrected chi connectivity index (χ4v) is 2.83. The number of hydrogen-bond donors (Lipinski definition) is 2. The van der Waals surface area contributed by atoms with Gasteiger partial charge in [0.15, 0.2) is 0 Å². The first-order chi connectivity index (χ1) is 8.64. The van der Waals surface area contributed by atoms with Crippen LogP contribution in [-0.4, -0.2) is 19.6 Å². The Bertz CT molecular complexity index is 459. The number of hydrogen-bond acceptors (Lipinski definition) is 3. The van der Waals surface area contributed by atoms with Gasteiger partial charge in [-0.2, -0.15) is 0 Å². The number of nitrogens with two attached hydrogens (primary N) is 1. The maximum Gasteiger partial charge on any atom is 0.242 e. The van der Waals surface area contributed by atoms with Crippen molar-refractivity contribution in [3.05, 3.63) is 29.3 Å². The Morgan fingerprint density at radius 3 is 2.94 bits per heavy atom. The van der Waals surface area contributed by atoms with Crippen molar-refractivity contribution in [2.24, 2.45) is 5.73 Å². The van der Waals surface area contributed by atoms with Crippen molar-refractivity contribution < 1.29 is 9.53 Å². The van der Waals surface area contributed by atoms with Crippen LogP contribution in [0.15, 0.2) is 18.2 Å². The number of likely N-dealkylation sites (N-methyl/N-ethyl adjacent to an activating group) is 1. The molecule has 0 saturated carbocycles. The number of nitrogens with one attached hydrogen (secondary N) is 1. The number of carbonyl (C=O) groups is 1. The molecule has 1 aliphatic rings. The van der Waals surface area contributed by atoms with Crippen molar-refractivity contribution in [2.45, 2.75) is 31.7 Å². The van der Waals surface area contributed by atoms with Crippen molar-refractivity contribution in [1.29, 1.82) is 0 Å². The number of benzene rings is 1. The molecule has 0 saturated heterocycles. The maximum atomic E-state index is 11.9. The first-order valence-corrected chi connectivity index (χ1v) is 6.36. The van der Waals surface area contributed by atoms with E-state index in [1.165, 1.54) is 0 Å². The fourth-order valence-electron chi connectivity index (χ4n) is 2.83. The molecule has 1 aromatic rings. The summed E-state index contributed by atoms with van der Waals surface area (Å²) in [5, 5.41) is 3.28. The van der Waals surface area contributed by atoms with Crippen molar-refractivity contribution in [2.75, 3.05) is 13.7 Å².